The highest BCUT2D eigenvalue weighted by Gasteiger charge is 2.47. The number of methoxy groups -OCH3 is 1. The summed E-state index contributed by atoms with van der Waals surface area (Å²) in [6, 6.07) is 7.63. The van der Waals surface area contributed by atoms with Gasteiger partial charge in [0.25, 0.3) is 0 Å². The maximum absolute atomic E-state index is 12.7. The van der Waals surface area contributed by atoms with Crippen molar-refractivity contribution in [2.75, 3.05) is 7.11 Å². The lowest BCUT2D eigenvalue weighted by Gasteiger charge is -2.37. The summed E-state index contributed by atoms with van der Waals surface area (Å²) in [5.41, 5.74) is 1.82. The number of carbonyl (C=O) groups excluding carboxylic acids is 2. The molecule has 0 aromatic heterocycles. The molecule has 5 heteroatoms. The van der Waals surface area contributed by atoms with Gasteiger partial charge in [0.1, 0.15) is 11.7 Å². The van der Waals surface area contributed by atoms with Crippen molar-refractivity contribution in [3.63, 3.8) is 0 Å². The first-order chi connectivity index (χ1) is 12.2. The van der Waals surface area contributed by atoms with Crippen molar-refractivity contribution in [3.05, 3.63) is 41.2 Å². The maximum atomic E-state index is 12.7. The van der Waals surface area contributed by atoms with E-state index >= 15 is 0 Å². The number of aryl methyl sites for hydroxylation is 1. The predicted octanol–water partition coefficient (Wildman–Crippen LogP) is 4.47. The molecule has 1 aromatic rings. The summed E-state index contributed by atoms with van der Waals surface area (Å²) in [5, 5.41) is 10.9. The molecule has 0 radical (unpaired) electrons. The molecule has 1 aromatic carbocycles. The van der Waals surface area contributed by atoms with Crippen LogP contribution in [0.5, 0.6) is 0 Å². The number of esters is 1. The van der Waals surface area contributed by atoms with Gasteiger partial charge in [-0.1, -0.05) is 39.0 Å². The van der Waals surface area contributed by atoms with Crippen LogP contribution < -0.4 is 0 Å². The Bertz CT molecular complexity index is 774. The minimum atomic E-state index is -0.876. The summed E-state index contributed by atoms with van der Waals surface area (Å²) in [7, 11) is 1.29. The van der Waals surface area contributed by atoms with Gasteiger partial charge in [-0.3, -0.25) is 14.6 Å². The fourth-order valence-electron chi connectivity index (χ4n) is 3.42. The average Bonchev–Trinajstić information content (AvgIpc) is 2.55. The van der Waals surface area contributed by atoms with Crippen LogP contribution in [0.2, 0.25) is 0 Å². The van der Waals surface area contributed by atoms with Crippen molar-refractivity contribution in [1.29, 1.82) is 0 Å². The normalized spacial score (nSPS) is 21.0. The molecule has 2 rings (SSSR count). The zero-order valence-corrected chi connectivity index (χ0v) is 16.1. The number of para-hydroxylation sites is 1. The molecule has 0 heterocycles. The Morgan fingerprint density at radius 3 is 2.54 bits per heavy atom. The highest BCUT2D eigenvalue weighted by molar-refractivity contribution is 6.24. The van der Waals surface area contributed by atoms with Gasteiger partial charge in [0.05, 0.1) is 24.1 Å². The number of nitrogens with zero attached hydrogens (tertiary/aromatic N) is 1. The SMILES string of the molecule is CCCC(=O)C1=C(O)C(C(=O)OC)C(C)(C)CC1=Nc1ccccc1C. The molecule has 0 aliphatic heterocycles. The maximum Gasteiger partial charge on any atom is 0.316 e. The van der Waals surface area contributed by atoms with Gasteiger partial charge in [-0.25, -0.2) is 0 Å². The van der Waals surface area contributed by atoms with Crippen molar-refractivity contribution in [1.82, 2.24) is 0 Å². The quantitative estimate of drug-likeness (QED) is 0.789. The molecule has 0 saturated heterocycles. The highest BCUT2D eigenvalue weighted by Crippen LogP contribution is 2.43. The third-order valence-electron chi connectivity index (χ3n) is 4.79. The molecule has 1 aliphatic rings. The van der Waals surface area contributed by atoms with Gasteiger partial charge in [0, 0.05) is 6.42 Å². The number of allylic oxidation sites excluding steroid dienone is 1. The molecular weight excluding hydrogens is 330 g/mol. The lowest BCUT2D eigenvalue weighted by atomic mass is 9.67. The molecule has 1 unspecified atom stereocenters. The van der Waals surface area contributed by atoms with Gasteiger partial charge in [-0.2, -0.15) is 0 Å². The average molecular weight is 357 g/mol. The fourth-order valence-corrected chi connectivity index (χ4v) is 3.42. The lowest BCUT2D eigenvalue weighted by Crippen LogP contribution is -2.41. The van der Waals surface area contributed by atoms with Crippen LogP contribution in [-0.2, 0) is 14.3 Å². The number of ketones is 1. The number of aliphatic hydroxyl groups excluding tert-OH is 1. The molecule has 0 spiro atoms. The van der Waals surface area contributed by atoms with E-state index < -0.39 is 17.3 Å². The molecule has 5 nitrogen and oxygen atoms in total. The van der Waals surface area contributed by atoms with Crippen molar-refractivity contribution in [2.24, 2.45) is 16.3 Å². The van der Waals surface area contributed by atoms with Crippen LogP contribution >= 0.6 is 0 Å². The Hall–Kier alpha value is -2.43. The first-order valence-electron chi connectivity index (χ1n) is 8.90. The lowest BCUT2D eigenvalue weighted by molar-refractivity contribution is -0.149. The number of benzene rings is 1. The first-order valence-corrected chi connectivity index (χ1v) is 8.90. The van der Waals surface area contributed by atoms with Gasteiger partial charge < -0.3 is 9.84 Å². The minimum Gasteiger partial charge on any atom is -0.511 e. The Balaban J connectivity index is 2.67. The summed E-state index contributed by atoms with van der Waals surface area (Å²) in [6.45, 7) is 7.60. The first kappa shape index (κ1) is 19.9. The summed E-state index contributed by atoms with van der Waals surface area (Å²) in [5.74, 6) is -1.83. The summed E-state index contributed by atoms with van der Waals surface area (Å²) in [4.78, 5) is 29.7. The summed E-state index contributed by atoms with van der Waals surface area (Å²) in [6.07, 6.45) is 1.34. The molecule has 1 N–H and O–H groups in total. The number of aliphatic hydroxyl groups is 1. The monoisotopic (exact) mass is 357 g/mol. The third-order valence-corrected chi connectivity index (χ3v) is 4.79. The molecule has 140 valence electrons. The second-order valence-corrected chi connectivity index (χ2v) is 7.40. The highest BCUT2D eigenvalue weighted by atomic mass is 16.5. The van der Waals surface area contributed by atoms with Crippen LogP contribution in [0.3, 0.4) is 0 Å². The molecule has 0 fully saturated rings. The van der Waals surface area contributed by atoms with E-state index in [4.69, 9.17) is 9.73 Å². The summed E-state index contributed by atoms with van der Waals surface area (Å²) < 4.78 is 4.87. The molecule has 0 amide bonds. The van der Waals surface area contributed by atoms with Crippen molar-refractivity contribution in [2.45, 2.75) is 47.0 Å². The number of hydrogen-bond acceptors (Lipinski definition) is 5. The molecule has 1 aliphatic carbocycles. The molecule has 26 heavy (non-hydrogen) atoms. The number of carbonyl (C=O) groups is 2. The van der Waals surface area contributed by atoms with E-state index in [1.807, 2.05) is 52.0 Å². The van der Waals surface area contributed by atoms with Gasteiger partial charge in [0.2, 0.25) is 0 Å². The number of aliphatic imine (C=N–C) groups is 1. The molecular formula is C21H27NO4. The third kappa shape index (κ3) is 3.87. The minimum absolute atomic E-state index is 0.171. The van der Waals surface area contributed by atoms with Crippen LogP contribution in [-0.4, -0.2) is 29.7 Å². The zero-order valence-electron chi connectivity index (χ0n) is 16.1. The largest absolute Gasteiger partial charge is 0.511 e. The fraction of sp³-hybridized carbons (Fsp3) is 0.476. The van der Waals surface area contributed by atoms with Crippen LogP contribution in [0.4, 0.5) is 5.69 Å². The van der Waals surface area contributed by atoms with E-state index in [1.165, 1.54) is 7.11 Å². The van der Waals surface area contributed by atoms with E-state index in [2.05, 4.69) is 0 Å². The van der Waals surface area contributed by atoms with Crippen LogP contribution in [0, 0.1) is 18.3 Å². The number of hydrogen-bond donors (Lipinski definition) is 1. The van der Waals surface area contributed by atoms with Crippen molar-refractivity contribution < 1.29 is 19.4 Å². The van der Waals surface area contributed by atoms with Gasteiger partial charge in [-0.15, -0.1) is 0 Å². The van der Waals surface area contributed by atoms with Gasteiger partial charge in [-0.05, 0) is 36.8 Å². The number of ether oxygens (including phenoxy) is 1. The van der Waals surface area contributed by atoms with Crippen LogP contribution in [0.15, 0.2) is 40.6 Å². The Morgan fingerprint density at radius 2 is 1.96 bits per heavy atom. The van der Waals surface area contributed by atoms with Crippen molar-refractivity contribution in [3.8, 4) is 0 Å². The van der Waals surface area contributed by atoms with Crippen molar-refractivity contribution >= 4 is 23.2 Å². The van der Waals surface area contributed by atoms with E-state index in [-0.39, 0.29) is 17.1 Å². The topological polar surface area (TPSA) is 76.0 Å². The molecule has 0 bridgehead atoms. The Kier molecular flexibility index (Phi) is 6.01. The second kappa shape index (κ2) is 7.85. The number of rotatable bonds is 5. The Morgan fingerprint density at radius 1 is 1.31 bits per heavy atom. The van der Waals surface area contributed by atoms with E-state index in [1.54, 1.807) is 0 Å². The zero-order chi connectivity index (χ0) is 19.5. The van der Waals surface area contributed by atoms with Crippen LogP contribution in [0.25, 0.3) is 0 Å². The standard InChI is InChI=1S/C21H27NO4/c1-6-9-16(23)17-15(22-14-11-8-7-10-13(14)2)12-21(3,4)18(19(17)24)20(25)26-5/h7-8,10-11,18,24H,6,9,12H2,1-5H3. The van der Waals surface area contributed by atoms with Gasteiger partial charge in [0.15, 0.2) is 5.78 Å². The van der Waals surface area contributed by atoms with E-state index in [9.17, 15) is 14.7 Å². The van der Waals surface area contributed by atoms with E-state index in [0.29, 0.717) is 25.0 Å². The molecule has 0 saturated carbocycles. The summed E-state index contributed by atoms with van der Waals surface area (Å²) >= 11 is 0. The van der Waals surface area contributed by atoms with Crippen LogP contribution in [0.1, 0.15) is 45.6 Å². The Labute approximate surface area is 154 Å². The number of Topliss-reactive ketones (excluding diaryl/α,β-unsaturated/α-hetero) is 1. The van der Waals surface area contributed by atoms with Gasteiger partial charge >= 0.3 is 5.97 Å². The molecule has 1 atom stereocenters. The predicted molar refractivity (Wildman–Crippen MR) is 102 cm³/mol. The smallest absolute Gasteiger partial charge is 0.316 e. The second-order valence-electron chi connectivity index (χ2n) is 7.40. The van der Waals surface area contributed by atoms with E-state index in [0.717, 1.165) is 11.3 Å².